The number of amides is 1. The van der Waals surface area contributed by atoms with Gasteiger partial charge in [0, 0.05) is 28.7 Å². The number of ether oxygens (including phenoxy) is 2. The van der Waals surface area contributed by atoms with Crippen LogP contribution in [0.1, 0.15) is 5.56 Å². The van der Waals surface area contributed by atoms with Crippen LogP contribution in [0.5, 0.6) is 11.5 Å². The fraction of sp³-hybridized carbons (Fsp3) is 0.125. The molecule has 0 saturated carbocycles. The third-order valence-electron chi connectivity index (χ3n) is 4.80. The van der Waals surface area contributed by atoms with Gasteiger partial charge in [0.25, 0.3) is 5.91 Å². The number of thioether (sulfide) groups is 1. The molecule has 4 rings (SSSR count). The van der Waals surface area contributed by atoms with Crippen LogP contribution in [0, 0.1) is 0 Å². The van der Waals surface area contributed by atoms with E-state index in [0.29, 0.717) is 27.5 Å². The zero-order valence-corrected chi connectivity index (χ0v) is 20.5. The number of aromatic nitrogens is 4. The Kier molecular flexibility index (Phi) is 7.96. The maximum atomic E-state index is 12.4. The summed E-state index contributed by atoms with van der Waals surface area (Å²) in [5, 5.41) is 13.8. The van der Waals surface area contributed by atoms with Crippen molar-refractivity contribution in [3.05, 3.63) is 77.6 Å². The van der Waals surface area contributed by atoms with Gasteiger partial charge in [-0.1, -0.05) is 23.4 Å². The van der Waals surface area contributed by atoms with Crippen LogP contribution in [0.15, 0.2) is 77.2 Å². The van der Waals surface area contributed by atoms with Crippen LogP contribution in [0.3, 0.4) is 0 Å². The second-order valence-electron chi connectivity index (χ2n) is 7.05. The molecule has 0 saturated heterocycles. The lowest BCUT2D eigenvalue weighted by Gasteiger charge is -2.10. The number of hydrogen-bond acceptors (Lipinski definition) is 8. The molecule has 1 amide bonds. The molecule has 4 aromatic rings. The highest BCUT2D eigenvalue weighted by molar-refractivity contribution is 7.99. The molecule has 0 aliphatic rings. The van der Waals surface area contributed by atoms with Gasteiger partial charge in [0.15, 0.2) is 22.5 Å². The SMILES string of the molecule is COc1ccc(/C=N\NC(=O)CSc2nnc(-c3ccncc3)n2-c2ccc(Cl)cc2)cc1OC. The van der Waals surface area contributed by atoms with E-state index < -0.39 is 0 Å². The number of pyridine rings is 1. The summed E-state index contributed by atoms with van der Waals surface area (Å²) in [6.45, 7) is 0. The number of benzene rings is 2. The van der Waals surface area contributed by atoms with Crippen LogP contribution >= 0.6 is 23.4 Å². The van der Waals surface area contributed by atoms with Crippen molar-refractivity contribution in [2.24, 2.45) is 5.10 Å². The van der Waals surface area contributed by atoms with E-state index >= 15 is 0 Å². The molecule has 9 nitrogen and oxygen atoms in total. The Morgan fingerprint density at radius 1 is 1.06 bits per heavy atom. The van der Waals surface area contributed by atoms with E-state index in [9.17, 15) is 4.79 Å². The topological polar surface area (TPSA) is 104 Å². The summed E-state index contributed by atoms with van der Waals surface area (Å²) in [6, 6.07) is 16.3. The zero-order valence-electron chi connectivity index (χ0n) is 18.9. The second-order valence-corrected chi connectivity index (χ2v) is 8.43. The standard InChI is InChI=1S/C24H21ClN6O3S/c1-33-20-8-3-16(13-21(20)34-2)14-27-28-22(32)15-35-24-30-29-23(17-9-11-26-12-10-17)31(24)19-6-4-18(25)5-7-19/h3-14H,15H2,1-2H3,(H,28,32)/b27-14-. The number of nitrogens with zero attached hydrogens (tertiary/aromatic N) is 5. The molecular formula is C24H21ClN6O3S. The number of halogens is 1. The van der Waals surface area contributed by atoms with Gasteiger partial charge < -0.3 is 9.47 Å². The summed E-state index contributed by atoms with van der Waals surface area (Å²) in [7, 11) is 3.12. The Morgan fingerprint density at radius 2 is 1.80 bits per heavy atom. The second kappa shape index (κ2) is 11.5. The Morgan fingerprint density at radius 3 is 2.51 bits per heavy atom. The quantitative estimate of drug-likeness (QED) is 0.205. The molecule has 0 aliphatic heterocycles. The molecule has 0 fully saturated rings. The molecule has 0 atom stereocenters. The van der Waals surface area contributed by atoms with E-state index in [1.165, 1.54) is 18.0 Å². The first kappa shape index (κ1) is 24.2. The highest BCUT2D eigenvalue weighted by Crippen LogP contribution is 2.29. The lowest BCUT2D eigenvalue weighted by atomic mass is 10.2. The smallest absolute Gasteiger partial charge is 0.250 e. The summed E-state index contributed by atoms with van der Waals surface area (Å²) < 4.78 is 12.4. The van der Waals surface area contributed by atoms with Gasteiger partial charge in [-0.05, 0) is 60.2 Å². The van der Waals surface area contributed by atoms with Gasteiger partial charge in [0.05, 0.1) is 26.2 Å². The summed E-state index contributed by atoms with van der Waals surface area (Å²) in [4.78, 5) is 16.5. The lowest BCUT2D eigenvalue weighted by Crippen LogP contribution is -2.20. The number of carbonyl (C=O) groups is 1. The molecule has 178 valence electrons. The largest absolute Gasteiger partial charge is 0.493 e. The molecule has 11 heteroatoms. The van der Waals surface area contributed by atoms with Crippen LogP contribution in [-0.2, 0) is 4.79 Å². The molecule has 0 spiro atoms. The third kappa shape index (κ3) is 5.97. The van der Waals surface area contributed by atoms with E-state index in [1.807, 2.05) is 28.8 Å². The van der Waals surface area contributed by atoms with E-state index in [4.69, 9.17) is 21.1 Å². The minimum Gasteiger partial charge on any atom is -0.493 e. The minimum absolute atomic E-state index is 0.0886. The van der Waals surface area contributed by atoms with Gasteiger partial charge >= 0.3 is 0 Å². The van der Waals surface area contributed by atoms with Gasteiger partial charge in [-0.2, -0.15) is 5.10 Å². The highest BCUT2D eigenvalue weighted by Gasteiger charge is 2.17. The number of rotatable bonds is 9. The van der Waals surface area contributed by atoms with Crippen molar-refractivity contribution in [3.63, 3.8) is 0 Å². The third-order valence-corrected chi connectivity index (χ3v) is 5.98. The minimum atomic E-state index is -0.289. The summed E-state index contributed by atoms with van der Waals surface area (Å²) in [5.41, 5.74) is 4.94. The molecule has 2 aromatic carbocycles. The molecule has 0 bridgehead atoms. The van der Waals surface area contributed by atoms with E-state index in [0.717, 1.165) is 16.8 Å². The number of hydrogen-bond donors (Lipinski definition) is 1. The maximum absolute atomic E-state index is 12.4. The zero-order chi connectivity index (χ0) is 24.6. The summed E-state index contributed by atoms with van der Waals surface area (Å²) in [6.07, 6.45) is 4.90. The van der Waals surface area contributed by atoms with Crippen LogP contribution in [-0.4, -0.2) is 51.8 Å². The fourth-order valence-corrected chi connectivity index (χ4v) is 4.02. The van der Waals surface area contributed by atoms with Crippen molar-refractivity contribution < 1.29 is 14.3 Å². The van der Waals surface area contributed by atoms with Crippen molar-refractivity contribution in [1.82, 2.24) is 25.2 Å². The van der Waals surface area contributed by atoms with Crippen molar-refractivity contribution in [3.8, 4) is 28.6 Å². The van der Waals surface area contributed by atoms with Crippen LogP contribution in [0.4, 0.5) is 0 Å². The summed E-state index contributed by atoms with van der Waals surface area (Å²) >= 11 is 7.31. The lowest BCUT2D eigenvalue weighted by molar-refractivity contribution is -0.118. The Balaban J connectivity index is 1.46. The number of methoxy groups -OCH3 is 2. The van der Waals surface area contributed by atoms with Gasteiger partial charge in [0.2, 0.25) is 0 Å². The van der Waals surface area contributed by atoms with Gasteiger partial charge in [0.1, 0.15) is 0 Å². The molecule has 1 N–H and O–H groups in total. The predicted molar refractivity (Wildman–Crippen MR) is 136 cm³/mol. The van der Waals surface area contributed by atoms with Crippen molar-refractivity contribution in [2.75, 3.05) is 20.0 Å². The monoisotopic (exact) mass is 508 g/mol. The van der Waals surface area contributed by atoms with E-state index in [2.05, 4.69) is 25.7 Å². The molecule has 0 aliphatic carbocycles. The number of hydrazone groups is 1. The van der Waals surface area contributed by atoms with Gasteiger partial charge in [-0.3, -0.25) is 14.3 Å². The fourth-order valence-electron chi connectivity index (χ4n) is 3.15. The number of carbonyl (C=O) groups excluding carboxylic acids is 1. The van der Waals surface area contributed by atoms with Crippen LogP contribution in [0.25, 0.3) is 17.1 Å². The molecule has 0 radical (unpaired) electrons. The van der Waals surface area contributed by atoms with Crippen molar-refractivity contribution >= 4 is 35.5 Å². The molecule has 0 unspecified atom stereocenters. The Hall–Kier alpha value is -3.89. The average Bonchev–Trinajstić information content (AvgIpc) is 3.32. The summed E-state index contributed by atoms with van der Waals surface area (Å²) in [5.74, 6) is 1.61. The van der Waals surface area contributed by atoms with Crippen molar-refractivity contribution in [2.45, 2.75) is 5.16 Å². The molecule has 35 heavy (non-hydrogen) atoms. The van der Waals surface area contributed by atoms with Gasteiger partial charge in [-0.15, -0.1) is 10.2 Å². The van der Waals surface area contributed by atoms with E-state index in [1.54, 1.807) is 56.9 Å². The first-order chi connectivity index (χ1) is 17.1. The Labute approximate surface area is 211 Å². The molecular weight excluding hydrogens is 488 g/mol. The normalized spacial score (nSPS) is 10.9. The van der Waals surface area contributed by atoms with Crippen molar-refractivity contribution in [1.29, 1.82) is 0 Å². The first-order valence-corrected chi connectivity index (χ1v) is 11.7. The molecule has 2 aromatic heterocycles. The molecule has 2 heterocycles. The predicted octanol–water partition coefficient (Wildman–Crippen LogP) is 4.24. The Bertz CT molecular complexity index is 1330. The van der Waals surface area contributed by atoms with Crippen LogP contribution in [0.2, 0.25) is 5.02 Å². The average molecular weight is 509 g/mol. The van der Waals surface area contributed by atoms with Gasteiger partial charge in [-0.25, -0.2) is 5.43 Å². The van der Waals surface area contributed by atoms with E-state index in [-0.39, 0.29) is 11.7 Å². The van der Waals surface area contributed by atoms with Crippen LogP contribution < -0.4 is 14.9 Å². The highest BCUT2D eigenvalue weighted by atomic mass is 35.5. The number of nitrogens with one attached hydrogen (secondary N) is 1. The first-order valence-electron chi connectivity index (χ1n) is 10.4. The maximum Gasteiger partial charge on any atom is 0.250 e.